The third-order valence-corrected chi connectivity index (χ3v) is 2.12. The molecule has 0 saturated heterocycles. The maximum Gasteiger partial charge on any atom is 0.344 e. The van der Waals surface area contributed by atoms with Crippen LogP contribution in [0.3, 0.4) is 0 Å². The van der Waals surface area contributed by atoms with E-state index in [4.69, 9.17) is 5.41 Å². The molecule has 88 valence electrons. The highest BCUT2D eigenvalue weighted by Crippen LogP contribution is 2.26. The van der Waals surface area contributed by atoms with Gasteiger partial charge >= 0.3 is 5.63 Å². The smallest absolute Gasteiger partial charge is 0.344 e. The fraction of sp³-hybridized carbons (Fsp3) is 0. The monoisotopic (exact) mass is 239 g/mol. The molecule has 0 aliphatic heterocycles. The molecular formula is C10H3F2NO4-2. The van der Waals surface area contributed by atoms with Crippen LogP contribution in [-0.4, -0.2) is 5.90 Å². The van der Waals surface area contributed by atoms with Gasteiger partial charge in [0.2, 0.25) is 0 Å². The van der Waals surface area contributed by atoms with E-state index in [0.717, 1.165) is 6.07 Å². The van der Waals surface area contributed by atoms with Gasteiger partial charge in [-0.25, -0.2) is 13.6 Å². The Morgan fingerprint density at radius 3 is 2.59 bits per heavy atom. The summed E-state index contributed by atoms with van der Waals surface area (Å²) in [4.78, 5) is 11.2. The average molecular weight is 239 g/mol. The van der Waals surface area contributed by atoms with Gasteiger partial charge in [-0.3, -0.25) is 0 Å². The predicted octanol–water partition coefficient (Wildman–Crippen LogP) is -0.170. The van der Waals surface area contributed by atoms with Crippen LogP contribution < -0.4 is 15.8 Å². The molecule has 0 amide bonds. The van der Waals surface area contributed by atoms with Crippen molar-refractivity contribution in [3.8, 4) is 5.75 Å². The molecule has 0 fully saturated rings. The van der Waals surface area contributed by atoms with Gasteiger partial charge in [0, 0.05) is 5.39 Å². The highest BCUT2D eigenvalue weighted by atomic mass is 19.1. The third kappa shape index (κ3) is 1.61. The van der Waals surface area contributed by atoms with Gasteiger partial charge in [0.05, 0.1) is 5.56 Å². The lowest BCUT2D eigenvalue weighted by atomic mass is 10.1. The Balaban J connectivity index is 2.94. The topological polar surface area (TPSA) is 100 Å². The zero-order chi connectivity index (χ0) is 12.7. The van der Waals surface area contributed by atoms with E-state index in [1.54, 1.807) is 0 Å². The van der Waals surface area contributed by atoms with E-state index in [2.05, 4.69) is 4.42 Å². The lowest BCUT2D eigenvalue weighted by Gasteiger charge is -2.11. The molecule has 1 aromatic carbocycles. The minimum atomic E-state index is -1.54. The molecule has 0 atom stereocenters. The summed E-state index contributed by atoms with van der Waals surface area (Å²) in [6.45, 7) is 0. The number of fused-ring (bicyclic) bond motifs is 1. The van der Waals surface area contributed by atoms with Crippen molar-refractivity contribution in [2.45, 2.75) is 0 Å². The second-order valence-electron chi connectivity index (χ2n) is 3.20. The van der Waals surface area contributed by atoms with Crippen LogP contribution in [0.25, 0.3) is 11.0 Å². The fourth-order valence-corrected chi connectivity index (χ4v) is 1.33. The van der Waals surface area contributed by atoms with Crippen LogP contribution in [0.1, 0.15) is 5.56 Å². The summed E-state index contributed by atoms with van der Waals surface area (Å²) >= 11 is 0. The second kappa shape index (κ2) is 3.55. The average Bonchev–Trinajstić information content (AvgIpc) is 2.26. The van der Waals surface area contributed by atoms with E-state index in [0.29, 0.717) is 6.07 Å². The van der Waals surface area contributed by atoms with E-state index in [-0.39, 0.29) is 5.39 Å². The Bertz CT molecular complexity index is 693. The standard InChI is InChI=1S/C10H5F2NO4/c11-5-2-3-1-4(9(13)15)10(16)17-8(3)6(12)7(5)14/h1-2,14H,(H2,13,15)/p-2. The highest BCUT2D eigenvalue weighted by molar-refractivity contribution is 5.92. The number of halogens is 2. The largest absolute Gasteiger partial charge is 0.868 e. The SMILES string of the molecule is N=C([O-])c1cc2cc(F)c([O-])c(F)c2oc1=O. The van der Waals surface area contributed by atoms with Gasteiger partial charge in [-0.1, -0.05) is 0 Å². The van der Waals surface area contributed by atoms with Crippen LogP contribution in [0.15, 0.2) is 21.3 Å². The van der Waals surface area contributed by atoms with Crippen molar-refractivity contribution in [1.82, 2.24) is 0 Å². The lowest BCUT2D eigenvalue weighted by Crippen LogP contribution is -2.24. The van der Waals surface area contributed by atoms with E-state index in [9.17, 15) is 23.8 Å². The summed E-state index contributed by atoms with van der Waals surface area (Å²) in [5, 5.41) is 28.1. The van der Waals surface area contributed by atoms with Gasteiger partial charge in [-0.05, 0) is 23.8 Å². The van der Waals surface area contributed by atoms with Gasteiger partial charge in [0.25, 0.3) is 0 Å². The molecule has 0 unspecified atom stereocenters. The molecule has 0 aliphatic carbocycles. The van der Waals surface area contributed by atoms with Crippen molar-refractivity contribution in [2.24, 2.45) is 0 Å². The first-order valence-electron chi connectivity index (χ1n) is 4.30. The van der Waals surface area contributed by atoms with Gasteiger partial charge in [0.15, 0.2) is 11.4 Å². The Kier molecular flexibility index (Phi) is 2.31. The molecule has 0 radical (unpaired) electrons. The zero-order valence-electron chi connectivity index (χ0n) is 8.04. The summed E-state index contributed by atoms with van der Waals surface area (Å²) in [6, 6.07) is 1.44. The number of hydrogen-bond donors (Lipinski definition) is 1. The normalized spacial score (nSPS) is 10.7. The van der Waals surface area contributed by atoms with Gasteiger partial charge in [-0.15, -0.1) is 0 Å². The first-order valence-corrected chi connectivity index (χ1v) is 4.30. The molecule has 1 aromatic heterocycles. The maximum absolute atomic E-state index is 13.3. The summed E-state index contributed by atoms with van der Waals surface area (Å²) in [7, 11) is 0. The predicted molar refractivity (Wildman–Crippen MR) is 48.7 cm³/mol. The first kappa shape index (κ1) is 11.1. The summed E-state index contributed by atoms with van der Waals surface area (Å²) in [5.41, 5.74) is -2.64. The molecule has 17 heavy (non-hydrogen) atoms. The molecule has 0 aliphatic rings. The van der Waals surface area contributed by atoms with Crippen molar-refractivity contribution < 1.29 is 23.4 Å². The first-order chi connectivity index (χ1) is 7.91. The fourth-order valence-electron chi connectivity index (χ4n) is 1.33. The summed E-state index contributed by atoms with van der Waals surface area (Å²) in [6.07, 6.45) is 0. The minimum Gasteiger partial charge on any atom is -0.868 e. The van der Waals surface area contributed by atoms with Crippen molar-refractivity contribution in [3.63, 3.8) is 0 Å². The van der Waals surface area contributed by atoms with Crippen molar-refractivity contribution in [2.75, 3.05) is 0 Å². The Morgan fingerprint density at radius 2 is 2.00 bits per heavy atom. The van der Waals surface area contributed by atoms with Gasteiger partial charge in [0.1, 0.15) is 5.82 Å². The number of benzene rings is 1. The molecule has 2 rings (SSSR count). The van der Waals surface area contributed by atoms with Gasteiger partial charge < -0.3 is 20.0 Å². The van der Waals surface area contributed by atoms with E-state index < -0.39 is 40.1 Å². The van der Waals surface area contributed by atoms with Crippen LogP contribution in [0.2, 0.25) is 0 Å². The number of hydrogen-bond acceptors (Lipinski definition) is 5. The van der Waals surface area contributed by atoms with Crippen molar-refractivity contribution >= 4 is 16.9 Å². The molecule has 2 aromatic rings. The van der Waals surface area contributed by atoms with Crippen LogP contribution in [0.5, 0.6) is 5.75 Å². The molecule has 0 spiro atoms. The summed E-state index contributed by atoms with van der Waals surface area (Å²) < 4.78 is 30.6. The highest BCUT2D eigenvalue weighted by Gasteiger charge is 2.12. The molecule has 0 bridgehead atoms. The number of nitrogens with one attached hydrogen (secondary N) is 1. The molecular weight excluding hydrogens is 236 g/mol. The third-order valence-electron chi connectivity index (χ3n) is 2.12. The Hall–Kier alpha value is -2.44. The maximum atomic E-state index is 13.3. The molecule has 0 saturated carbocycles. The van der Waals surface area contributed by atoms with E-state index >= 15 is 0 Å². The Morgan fingerprint density at radius 1 is 1.35 bits per heavy atom. The molecule has 5 nitrogen and oxygen atoms in total. The molecule has 1 heterocycles. The van der Waals surface area contributed by atoms with E-state index in [1.807, 2.05) is 0 Å². The summed E-state index contributed by atoms with van der Waals surface area (Å²) in [5.74, 6) is -5.77. The quantitative estimate of drug-likeness (QED) is 0.424. The van der Waals surface area contributed by atoms with Crippen LogP contribution in [0, 0.1) is 17.0 Å². The van der Waals surface area contributed by atoms with Crippen LogP contribution in [0.4, 0.5) is 8.78 Å². The van der Waals surface area contributed by atoms with Crippen LogP contribution in [-0.2, 0) is 0 Å². The number of rotatable bonds is 1. The van der Waals surface area contributed by atoms with Crippen molar-refractivity contribution in [1.29, 1.82) is 5.41 Å². The van der Waals surface area contributed by atoms with Crippen LogP contribution >= 0.6 is 0 Å². The second-order valence-corrected chi connectivity index (χ2v) is 3.20. The Labute approximate surface area is 92.0 Å². The molecule has 1 N–H and O–H groups in total. The minimum absolute atomic E-state index is 0.269. The van der Waals surface area contributed by atoms with E-state index in [1.165, 1.54) is 0 Å². The van der Waals surface area contributed by atoms with Crippen molar-refractivity contribution in [3.05, 3.63) is 39.8 Å². The lowest BCUT2D eigenvalue weighted by molar-refractivity contribution is -0.276. The molecule has 7 heteroatoms. The zero-order valence-corrected chi connectivity index (χ0v) is 8.04. The van der Waals surface area contributed by atoms with Gasteiger partial charge in [-0.2, -0.15) is 0 Å².